The van der Waals surface area contributed by atoms with E-state index >= 15 is 0 Å². The van der Waals surface area contributed by atoms with Gasteiger partial charge in [-0.3, -0.25) is 14.9 Å². The van der Waals surface area contributed by atoms with Gasteiger partial charge in [-0.05, 0) is 37.5 Å². The molecule has 28 heavy (non-hydrogen) atoms. The van der Waals surface area contributed by atoms with Crippen LogP contribution in [0, 0.1) is 23.0 Å². The molecule has 7 heteroatoms. The minimum atomic E-state index is -0.371. The fraction of sp³-hybridized carbons (Fsp3) is 0.381. The Labute approximate surface area is 164 Å². The summed E-state index contributed by atoms with van der Waals surface area (Å²) in [7, 11) is 0. The molecule has 0 aliphatic carbocycles. The van der Waals surface area contributed by atoms with E-state index in [0.29, 0.717) is 38.2 Å². The number of esters is 1. The van der Waals surface area contributed by atoms with Gasteiger partial charge in [-0.25, -0.2) is 0 Å². The van der Waals surface area contributed by atoms with Gasteiger partial charge in [0.15, 0.2) is 0 Å². The summed E-state index contributed by atoms with van der Waals surface area (Å²) >= 11 is 0. The highest BCUT2D eigenvalue weighted by Crippen LogP contribution is 2.31. The summed E-state index contributed by atoms with van der Waals surface area (Å²) in [6.07, 6.45) is 1.23. The van der Waals surface area contributed by atoms with Crippen molar-refractivity contribution in [2.45, 2.75) is 19.8 Å². The van der Waals surface area contributed by atoms with Crippen LogP contribution in [0.1, 0.15) is 18.4 Å². The largest absolute Gasteiger partial charge is 0.490 e. The molecule has 0 saturated carbocycles. The normalized spacial score (nSPS) is 14.5. The number of para-hydroxylation sites is 3. The molecule has 0 spiro atoms. The molecule has 7 nitrogen and oxygen atoms in total. The zero-order valence-electron chi connectivity index (χ0n) is 15.9. The maximum absolute atomic E-state index is 12.3. The predicted octanol–water partition coefficient (Wildman–Crippen LogP) is 3.74. The summed E-state index contributed by atoms with van der Waals surface area (Å²) in [5, 5.41) is 11.2. The van der Waals surface area contributed by atoms with Crippen LogP contribution in [0.25, 0.3) is 0 Å². The molecule has 2 aromatic rings. The average Bonchev–Trinajstić information content (AvgIpc) is 2.72. The van der Waals surface area contributed by atoms with Crippen molar-refractivity contribution < 1.29 is 19.2 Å². The Morgan fingerprint density at radius 3 is 2.50 bits per heavy atom. The zero-order valence-corrected chi connectivity index (χ0v) is 15.9. The number of aryl methyl sites for hydroxylation is 1. The Balaban J connectivity index is 1.44. The van der Waals surface area contributed by atoms with Crippen LogP contribution in [-0.2, 0) is 9.53 Å². The van der Waals surface area contributed by atoms with Gasteiger partial charge in [0, 0.05) is 19.2 Å². The number of benzene rings is 2. The lowest BCUT2D eigenvalue weighted by molar-refractivity contribution is -0.384. The van der Waals surface area contributed by atoms with Crippen LogP contribution < -0.4 is 9.64 Å². The summed E-state index contributed by atoms with van der Waals surface area (Å²) in [5.41, 5.74) is 1.74. The highest BCUT2D eigenvalue weighted by molar-refractivity contribution is 5.73. The molecule has 0 aromatic heterocycles. The molecule has 0 atom stereocenters. The van der Waals surface area contributed by atoms with E-state index in [9.17, 15) is 14.9 Å². The third kappa shape index (κ3) is 4.79. The second kappa shape index (κ2) is 9.21. The lowest BCUT2D eigenvalue weighted by Crippen LogP contribution is -2.37. The highest BCUT2D eigenvalue weighted by atomic mass is 16.6. The van der Waals surface area contributed by atoms with Gasteiger partial charge in [0.2, 0.25) is 0 Å². The molecule has 2 aromatic carbocycles. The Hall–Kier alpha value is -3.09. The van der Waals surface area contributed by atoms with Crippen LogP contribution in [0.15, 0.2) is 48.5 Å². The van der Waals surface area contributed by atoms with Gasteiger partial charge in [0.05, 0.1) is 10.8 Å². The first-order valence-corrected chi connectivity index (χ1v) is 9.39. The molecule has 1 heterocycles. The average molecular weight is 384 g/mol. The second-order valence-corrected chi connectivity index (χ2v) is 6.79. The minimum absolute atomic E-state index is 0.0943. The SMILES string of the molecule is Cc1ccccc1OCCOC(=O)C1CCN(c2ccccc2[N+](=O)[O-])CC1. The van der Waals surface area contributed by atoms with Crippen molar-refractivity contribution in [1.82, 2.24) is 0 Å². The van der Waals surface area contributed by atoms with Crippen LogP contribution in [0.2, 0.25) is 0 Å². The van der Waals surface area contributed by atoms with E-state index < -0.39 is 0 Å². The summed E-state index contributed by atoms with van der Waals surface area (Å²) < 4.78 is 11.0. The van der Waals surface area contributed by atoms with Crippen molar-refractivity contribution in [2.24, 2.45) is 5.92 Å². The minimum Gasteiger partial charge on any atom is -0.490 e. The Morgan fingerprint density at radius 2 is 1.79 bits per heavy atom. The van der Waals surface area contributed by atoms with Gasteiger partial charge in [-0.15, -0.1) is 0 Å². The number of nitro groups is 1. The number of carbonyl (C=O) groups excluding carboxylic acids is 1. The number of rotatable bonds is 7. The van der Waals surface area contributed by atoms with Gasteiger partial charge in [0.25, 0.3) is 5.69 Å². The molecule has 1 aliphatic heterocycles. The van der Waals surface area contributed by atoms with Crippen molar-refractivity contribution in [3.63, 3.8) is 0 Å². The molecule has 1 saturated heterocycles. The molecular formula is C21H24N2O5. The molecule has 0 amide bonds. The summed E-state index contributed by atoms with van der Waals surface area (Å²) in [5.74, 6) is 0.379. The second-order valence-electron chi connectivity index (χ2n) is 6.79. The van der Waals surface area contributed by atoms with Crippen molar-refractivity contribution >= 4 is 17.3 Å². The molecule has 3 rings (SSSR count). The number of nitro benzene ring substituents is 1. The molecule has 0 unspecified atom stereocenters. The van der Waals surface area contributed by atoms with Crippen LogP contribution in [-0.4, -0.2) is 37.2 Å². The van der Waals surface area contributed by atoms with Crippen molar-refractivity contribution in [1.29, 1.82) is 0 Å². The van der Waals surface area contributed by atoms with Crippen molar-refractivity contribution in [3.8, 4) is 5.75 Å². The van der Waals surface area contributed by atoms with E-state index in [1.165, 1.54) is 6.07 Å². The van der Waals surface area contributed by atoms with E-state index in [2.05, 4.69) is 0 Å². The van der Waals surface area contributed by atoms with Gasteiger partial charge in [-0.1, -0.05) is 30.3 Å². The number of ether oxygens (including phenoxy) is 2. The topological polar surface area (TPSA) is 81.9 Å². The number of hydrogen-bond donors (Lipinski definition) is 0. The fourth-order valence-corrected chi connectivity index (χ4v) is 3.37. The first kappa shape index (κ1) is 19.7. The molecular weight excluding hydrogens is 360 g/mol. The van der Waals surface area contributed by atoms with Crippen LogP contribution in [0.5, 0.6) is 5.75 Å². The van der Waals surface area contributed by atoms with Gasteiger partial charge in [-0.2, -0.15) is 0 Å². The molecule has 1 aliphatic rings. The van der Waals surface area contributed by atoms with Gasteiger partial charge in [0.1, 0.15) is 24.7 Å². The van der Waals surface area contributed by atoms with Crippen LogP contribution in [0.3, 0.4) is 0 Å². The maximum atomic E-state index is 12.3. The first-order valence-electron chi connectivity index (χ1n) is 9.39. The predicted molar refractivity (Wildman–Crippen MR) is 106 cm³/mol. The van der Waals surface area contributed by atoms with Gasteiger partial charge >= 0.3 is 5.97 Å². The van der Waals surface area contributed by atoms with E-state index in [1.54, 1.807) is 18.2 Å². The molecule has 0 radical (unpaired) electrons. The zero-order chi connectivity index (χ0) is 19.9. The highest BCUT2D eigenvalue weighted by Gasteiger charge is 2.28. The molecule has 148 valence electrons. The smallest absolute Gasteiger partial charge is 0.309 e. The number of hydrogen-bond acceptors (Lipinski definition) is 6. The lowest BCUT2D eigenvalue weighted by Gasteiger charge is -2.32. The van der Waals surface area contributed by atoms with Gasteiger partial charge < -0.3 is 14.4 Å². The molecule has 0 bridgehead atoms. The Morgan fingerprint density at radius 1 is 1.11 bits per heavy atom. The van der Waals surface area contributed by atoms with Crippen molar-refractivity contribution in [3.05, 3.63) is 64.2 Å². The fourth-order valence-electron chi connectivity index (χ4n) is 3.37. The number of nitrogens with zero attached hydrogens (tertiary/aromatic N) is 2. The third-order valence-electron chi connectivity index (χ3n) is 4.93. The standard InChI is InChI=1S/C21H24N2O5/c1-16-6-2-5-9-20(16)27-14-15-28-21(24)17-10-12-22(13-11-17)18-7-3-4-8-19(18)23(25)26/h2-9,17H,10-15H2,1H3. The number of anilines is 1. The van der Waals surface area contributed by atoms with Crippen molar-refractivity contribution in [2.75, 3.05) is 31.2 Å². The quantitative estimate of drug-likeness (QED) is 0.313. The van der Waals surface area contributed by atoms with E-state index in [-0.39, 0.29) is 29.1 Å². The summed E-state index contributed by atoms with van der Waals surface area (Å²) in [6.45, 7) is 3.66. The third-order valence-corrected chi connectivity index (χ3v) is 4.93. The summed E-state index contributed by atoms with van der Waals surface area (Å²) in [6, 6.07) is 14.4. The molecule has 1 fully saturated rings. The Kier molecular flexibility index (Phi) is 6.47. The monoisotopic (exact) mass is 384 g/mol. The van der Waals surface area contributed by atoms with Crippen LogP contribution >= 0.6 is 0 Å². The van der Waals surface area contributed by atoms with E-state index in [0.717, 1.165) is 11.3 Å². The molecule has 0 N–H and O–H groups in total. The van der Waals surface area contributed by atoms with Crippen LogP contribution in [0.4, 0.5) is 11.4 Å². The Bertz CT molecular complexity index is 831. The number of carbonyl (C=O) groups is 1. The lowest BCUT2D eigenvalue weighted by atomic mass is 9.96. The van der Waals surface area contributed by atoms with E-state index in [1.807, 2.05) is 36.1 Å². The van der Waals surface area contributed by atoms with E-state index in [4.69, 9.17) is 9.47 Å². The number of piperidine rings is 1. The summed E-state index contributed by atoms with van der Waals surface area (Å²) in [4.78, 5) is 25.1. The first-order chi connectivity index (χ1) is 13.6. The maximum Gasteiger partial charge on any atom is 0.309 e.